The highest BCUT2D eigenvalue weighted by atomic mass is 35.5. The molecule has 0 radical (unpaired) electrons. The Morgan fingerprint density at radius 1 is 0.950 bits per heavy atom. The Morgan fingerprint density at radius 2 is 1.70 bits per heavy atom. The van der Waals surface area contributed by atoms with Gasteiger partial charge in [-0.05, 0) is 60.2 Å². The van der Waals surface area contributed by atoms with Crippen molar-refractivity contribution in [2.45, 2.75) is 12.8 Å². The predicted molar refractivity (Wildman–Crippen MR) is 79.4 cm³/mol. The lowest BCUT2D eigenvalue weighted by atomic mass is 9.94. The minimum absolute atomic E-state index is 0.0813. The van der Waals surface area contributed by atoms with Gasteiger partial charge >= 0.3 is 0 Å². The Hall–Kier alpha value is -1.12. The van der Waals surface area contributed by atoms with Gasteiger partial charge in [0.1, 0.15) is 11.6 Å². The number of rotatable bonds is 5. The maximum Gasteiger partial charge on any atom is 0.123 e. The van der Waals surface area contributed by atoms with Gasteiger partial charge < -0.3 is 0 Å². The molecule has 2 aromatic carbocycles. The van der Waals surface area contributed by atoms with Crippen LogP contribution in [0.1, 0.15) is 11.1 Å². The van der Waals surface area contributed by atoms with E-state index < -0.39 is 0 Å². The molecule has 2 aromatic rings. The molecule has 0 spiro atoms. The zero-order chi connectivity index (χ0) is 14.5. The Kier molecular flexibility index (Phi) is 5.38. The summed E-state index contributed by atoms with van der Waals surface area (Å²) < 4.78 is 26.4. The second-order valence-corrected chi connectivity index (χ2v) is 5.51. The SMILES string of the molecule is Fc1cccc(CC(CCl)Cc2cc(F)ccc2Cl)c1. The first-order valence-electron chi connectivity index (χ1n) is 6.33. The van der Waals surface area contributed by atoms with Gasteiger partial charge in [-0.2, -0.15) is 0 Å². The van der Waals surface area contributed by atoms with Crippen LogP contribution in [-0.4, -0.2) is 5.88 Å². The second-order valence-electron chi connectivity index (χ2n) is 4.79. The summed E-state index contributed by atoms with van der Waals surface area (Å²) in [5.74, 6) is -0.0931. The Morgan fingerprint density at radius 3 is 2.40 bits per heavy atom. The second kappa shape index (κ2) is 7.05. The highest BCUT2D eigenvalue weighted by Crippen LogP contribution is 2.23. The van der Waals surface area contributed by atoms with E-state index in [2.05, 4.69) is 0 Å². The van der Waals surface area contributed by atoms with Crippen LogP contribution in [0.3, 0.4) is 0 Å². The third-order valence-electron chi connectivity index (χ3n) is 3.15. The molecule has 0 aromatic heterocycles. The van der Waals surface area contributed by atoms with E-state index in [-0.39, 0.29) is 17.6 Å². The fraction of sp³-hybridized carbons (Fsp3) is 0.250. The molecule has 0 nitrogen and oxygen atoms in total. The van der Waals surface area contributed by atoms with Crippen LogP contribution in [0.25, 0.3) is 0 Å². The highest BCUT2D eigenvalue weighted by molar-refractivity contribution is 6.31. The van der Waals surface area contributed by atoms with E-state index in [1.54, 1.807) is 12.1 Å². The molecule has 0 heterocycles. The molecule has 0 saturated carbocycles. The number of alkyl halides is 1. The zero-order valence-electron chi connectivity index (χ0n) is 10.8. The molecule has 0 aliphatic rings. The zero-order valence-corrected chi connectivity index (χ0v) is 12.3. The predicted octanol–water partition coefficient (Wildman–Crippen LogP) is 5.26. The van der Waals surface area contributed by atoms with Gasteiger partial charge in [0.25, 0.3) is 0 Å². The first-order valence-corrected chi connectivity index (χ1v) is 7.24. The summed E-state index contributed by atoms with van der Waals surface area (Å²) in [6.45, 7) is 0. The van der Waals surface area contributed by atoms with E-state index in [0.29, 0.717) is 23.7 Å². The lowest BCUT2D eigenvalue weighted by molar-refractivity contribution is 0.571. The van der Waals surface area contributed by atoms with E-state index >= 15 is 0 Å². The molecule has 1 atom stereocenters. The standard InChI is InChI=1S/C16H14Cl2F2/c17-10-12(6-11-2-1-3-14(19)8-11)7-13-9-15(20)4-5-16(13)18/h1-5,8-9,12H,6-7,10H2. The van der Waals surface area contributed by atoms with E-state index in [0.717, 1.165) is 11.1 Å². The van der Waals surface area contributed by atoms with E-state index in [1.165, 1.54) is 24.3 Å². The van der Waals surface area contributed by atoms with Crippen molar-refractivity contribution in [2.24, 2.45) is 5.92 Å². The van der Waals surface area contributed by atoms with E-state index in [4.69, 9.17) is 23.2 Å². The summed E-state index contributed by atoms with van der Waals surface area (Å²) in [5, 5.41) is 0.528. The van der Waals surface area contributed by atoms with Crippen LogP contribution in [-0.2, 0) is 12.8 Å². The maximum atomic E-state index is 13.2. The number of benzene rings is 2. The van der Waals surface area contributed by atoms with Crippen molar-refractivity contribution in [1.82, 2.24) is 0 Å². The first-order chi connectivity index (χ1) is 9.58. The van der Waals surface area contributed by atoms with Crippen LogP contribution in [0.5, 0.6) is 0 Å². The molecule has 106 valence electrons. The molecule has 0 N–H and O–H groups in total. The molecule has 4 heteroatoms. The van der Waals surface area contributed by atoms with Crippen molar-refractivity contribution in [1.29, 1.82) is 0 Å². The quantitative estimate of drug-likeness (QED) is 0.660. The fourth-order valence-electron chi connectivity index (χ4n) is 2.19. The van der Waals surface area contributed by atoms with Crippen molar-refractivity contribution >= 4 is 23.2 Å². The largest absolute Gasteiger partial charge is 0.207 e. The number of halogens is 4. The van der Waals surface area contributed by atoms with Gasteiger partial charge in [0.15, 0.2) is 0 Å². The lowest BCUT2D eigenvalue weighted by Crippen LogP contribution is -2.11. The van der Waals surface area contributed by atoms with E-state index in [1.807, 2.05) is 6.07 Å². The van der Waals surface area contributed by atoms with Crippen LogP contribution in [0.15, 0.2) is 42.5 Å². The summed E-state index contributed by atoms with van der Waals surface area (Å²) in [4.78, 5) is 0. The topological polar surface area (TPSA) is 0 Å². The molecule has 20 heavy (non-hydrogen) atoms. The van der Waals surface area contributed by atoms with Crippen molar-refractivity contribution in [3.8, 4) is 0 Å². The molecule has 0 fully saturated rings. The van der Waals surface area contributed by atoms with E-state index in [9.17, 15) is 8.78 Å². The van der Waals surface area contributed by atoms with Crippen molar-refractivity contribution < 1.29 is 8.78 Å². The van der Waals surface area contributed by atoms with Gasteiger partial charge in [0.05, 0.1) is 0 Å². The summed E-state index contributed by atoms with van der Waals surface area (Å²) in [6, 6.07) is 10.7. The van der Waals surface area contributed by atoms with Crippen molar-refractivity contribution in [2.75, 3.05) is 5.88 Å². The minimum Gasteiger partial charge on any atom is -0.207 e. The molecule has 1 unspecified atom stereocenters. The van der Waals surface area contributed by atoms with Crippen LogP contribution >= 0.6 is 23.2 Å². The van der Waals surface area contributed by atoms with Gasteiger partial charge in [-0.25, -0.2) is 8.78 Å². The normalized spacial score (nSPS) is 12.4. The Labute approximate surface area is 127 Å². The van der Waals surface area contributed by atoms with Gasteiger partial charge in [0.2, 0.25) is 0 Å². The van der Waals surface area contributed by atoms with Crippen molar-refractivity contribution in [3.63, 3.8) is 0 Å². The van der Waals surface area contributed by atoms with Crippen LogP contribution < -0.4 is 0 Å². The molecule has 0 amide bonds. The maximum absolute atomic E-state index is 13.2. The number of hydrogen-bond donors (Lipinski definition) is 0. The Balaban J connectivity index is 2.11. The molecule has 0 aliphatic heterocycles. The average molecular weight is 315 g/mol. The van der Waals surface area contributed by atoms with Gasteiger partial charge in [-0.15, -0.1) is 11.6 Å². The van der Waals surface area contributed by atoms with Crippen LogP contribution in [0.4, 0.5) is 8.78 Å². The summed E-state index contributed by atoms with van der Waals surface area (Å²) in [6.07, 6.45) is 1.20. The van der Waals surface area contributed by atoms with Gasteiger partial charge in [-0.3, -0.25) is 0 Å². The summed E-state index contributed by atoms with van der Waals surface area (Å²) >= 11 is 12.0. The average Bonchev–Trinajstić information content (AvgIpc) is 2.42. The molecule has 0 saturated heterocycles. The molecule has 2 rings (SSSR count). The molecular weight excluding hydrogens is 301 g/mol. The molecule has 0 bridgehead atoms. The summed E-state index contributed by atoms with van der Waals surface area (Å²) in [7, 11) is 0. The smallest absolute Gasteiger partial charge is 0.123 e. The monoisotopic (exact) mass is 314 g/mol. The minimum atomic E-state index is -0.316. The summed E-state index contributed by atoms with van der Waals surface area (Å²) in [5.41, 5.74) is 1.61. The molecular formula is C16H14Cl2F2. The molecule has 0 aliphatic carbocycles. The van der Waals surface area contributed by atoms with Crippen molar-refractivity contribution in [3.05, 3.63) is 70.2 Å². The Bertz CT molecular complexity index is 584. The third-order valence-corrected chi connectivity index (χ3v) is 3.95. The van der Waals surface area contributed by atoms with Crippen LogP contribution in [0.2, 0.25) is 5.02 Å². The first kappa shape index (κ1) is 15.3. The highest BCUT2D eigenvalue weighted by Gasteiger charge is 2.13. The van der Waals surface area contributed by atoms with Gasteiger partial charge in [-0.1, -0.05) is 23.7 Å². The lowest BCUT2D eigenvalue weighted by Gasteiger charge is -2.15. The van der Waals surface area contributed by atoms with Gasteiger partial charge in [0, 0.05) is 10.9 Å². The van der Waals surface area contributed by atoms with Crippen LogP contribution in [0, 0.1) is 17.6 Å². The number of hydrogen-bond acceptors (Lipinski definition) is 0. The third kappa shape index (κ3) is 4.19. The fourth-order valence-corrected chi connectivity index (χ4v) is 2.60.